The maximum Gasteiger partial charge on any atom is 0.224 e. The zero-order valence-electron chi connectivity index (χ0n) is 18.9. The van der Waals surface area contributed by atoms with Crippen LogP contribution < -0.4 is 5.32 Å². The van der Waals surface area contributed by atoms with E-state index >= 15 is 0 Å². The molecule has 2 heterocycles. The number of hydrogen-bond donors (Lipinski definition) is 1. The van der Waals surface area contributed by atoms with Gasteiger partial charge in [-0.05, 0) is 110 Å². The van der Waals surface area contributed by atoms with Crippen LogP contribution in [0.15, 0.2) is 48.7 Å². The second-order valence-electron chi connectivity index (χ2n) is 9.25. The van der Waals surface area contributed by atoms with Crippen molar-refractivity contribution in [1.29, 1.82) is 5.26 Å². The molecule has 0 aliphatic heterocycles. The van der Waals surface area contributed by atoms with Crippen LogP contribution in [0.2, 0.25) is 5.28 Å². The molecule has 0 unspecified atom stereocenters. The number of benzene rings is 2. The van der Waals surface area contributed by atoms with Gasteiger partial charge in [0.15, 0.2) is 0 Å². The molecule has 1 fully saturated rings. The van der Waals surface area contributed by atoms with Crippen molar-refractivity contribution >= 4 is 39.2 Å². The highest BCUT2D eigenvalue weighted by atomic mass is 35.5. The van der Waals surface area contributed by atoms with Gasteiger partial charge in [-0.25, -0.2) is 14.4 Å². The molecule has 2 aromatic carbocycles. The molecule has 34 heavy (non-hydrogen) atoms. The third kappa shape index (κ3) is 4.67. The van der Waals surface area contributed by atoms with Gasteiger partial charge < -0.3 is 5.32 Å². The van der Waals surface area contributed by atoms with Gasteiger partial charge in [-0.3, -0.25) is 4.98 Å². The Hall–Kier alpha value is -3.30. The summed E-state index contributed by atoms with van der Waals surface area (Å²) in [7, 11) is 0. The lowest BCUT2D eigenvalue weighted by molar-refractivity contribution is 0.302. The first-order valence-corrected chi connectivity index (χ1v) is 12.1. The smallest absolute Gasteiger partial charge is 0.224 e. The van der Waals surface area contributed by atoms with Crippen LogP contribution in [0.5, 0.6) is 0 Å². The number of aromatic nitrogens is 3. The van der Waals surface area contributed by atoms with E-state index in [4.69, 9.17) is 16.9 Å². The number of rotatable bonds is 5. The van der Waals surface area contributed by atoms with Gasteiger partial charge in [0.05, 0.1) is 22.7 Å². The molecule has 1 N–H and O–H groups in total. The Balaban J connectivity index is 1.25. The van der Waals surface area contributed by atoms with Gasteiger partial charge in [-0.15, -0.1) is 0 Å². The van der Waals surface area contributed by atoms with Crippen LogP contribution >= 0.6 is 11.6 Å². The Morgan fingerprint density at radius 2 is 1.88 bits per heavy atom. The summed E-state index contributed by atoms with van der Waals surface area (Å²) in [5.74, 6) is 1.53. The van der Waals surface area contributed by atoms with Gasteiger partial charge in [0.2, 0.25) is 5.28 Å². The lowest BCUT2D eigenvalue weighted by atomic mass is 9.76. The number of nitriles is 1. The molecule has 5 nitrogen and oxygen atoms in total. The normalized spacial score (nSPS) is 19.1. The topological polar surface area (TPSA) is 74.5 Å². The predicted molar refractivity (Wildman–Crippen MR) is 133 cm³/mol. The highest BCUT2D eigenvalue weighted by Gasteiger charge is 2.25. The highest BCUT2D eigenvalue weighted by Crippen LogP contribution is 2.40. The number of hydrogen-bond acceptors (Lipinski definition) is 5. The molecule has 2 aromatic heterocycles. The maximum absolute atomic E-state index is 13.9. The van der Waals surface area contributed by atoms with E-state index in [1.165, 1.54) is 11.6 Å². The average molecular weight is 474 g/mol. The summed E-state index contributed by atoms with van der Waals surface area (Å²) in [5, 5.41) is 14.6. The largest absolute Gasteiger partial charge is 0.367 e. The Labute approximate surface area is 203 Å². The quantitative estimate of drug-likeness (QED) is 0.315. The minimum Gasteiger partial charge on any atom is -0.367 e. The van der Waals surface area contributed by atoms with Gasteiger partial charge in [-0.1, -0.05) is 0 Å². The number of nitrogens with zero attached hydrogens (tertiary/aromatic N) is 4. The highest BCUT2D eigenvalue weighted by molar-refractivity contribution is 6.28. The third-order valence-electron chi connectivity index (χ3n) is 6.89. The molecule has 0 bridgehead atoms. The molecule has 0 radical (unpaired) electrons. The van der Waals surface area contributed by atoms with Crippen LogP contribution in [0, 0.1) is 23.1 Å². The second kappa shape index (κ2) is 9.52. The summed E-state index contributed by atoms with van der Waals surface area (Å²) in [5.41, 5.74) is 3.28. The first-order chi connectivity index (χ1) is 16.5. The van der Waals surface area contributed by atoms with Crippen molar-refractivity contribution in [2.24, 2.45) is 5.92 Å². The fraction of sp³-hybridized carbons (Fsp3) is 0.333. The molecule has 1 atom stereocenters. The number of halogens is 2. The minimum atomic E-state index is -0.212. The molecule has 0 amide bonds. The Morgan fingerprint density at radius 3 is 2.68 bits per heavy atom. The van der Waals surface area contributed by atoms with Gasteiger partial charge in [0.1, 0.15) is 11.6 Å². The Kier molecular flexibility index (Phi) is 6.30. The van der Waals surface area contributed by atoms with Crippen LogP contribution in [0.3, 0.4) is 0 Å². The molecule has 1 aliphatic rings. The van der Waals surface area contributed by atoms with E-state index in [0.717, 1.165) is 48.4 Å². The number of anilines is 1. The summed E-state index contributed by atoms with van der Waals surface area (Å²) in [6.45, 7) is 2.16. The number of fused-ring (bicyclic) bond motifs is 2. The van der Waals surface area contributed by atoms with Crippen LogP contribution in [-0.2, 0) is 0 Å². The standard InChI is InChI=1S/C27H25ClFN5/c1-16(32-26-22-8-4-18(15-30)13-25(22)33-27(28)34-26)12-17-2-5-19(6-3-17)21-10-11-31-24-9-7-20(29)14-23(21)24/h4,7-11,13-14,16-17,19H,2-3,5-6,12H2,1H3,(H,32,33,34)/t16-,17?,19?/m1/s1. The zero-order valence-corrected chi connectivity index (χ0v) is 19.7. The molecular formula is C27H25ClFN5. The second-order valence-corrected chi connectivity index (χ2v) is 9.58. The van der Waals surface area contributed by atoms with Crippen molar-refractivity contribution in [1.82, 2.24) is 15.0 Å². The fourth-order valence-electron chi connectivity index (χ4n) is 5.28. The summed E-state index contributed by atoms with van der Waals surface area (Å²) in [6, 6.07) is 14.6. The maximum atomic E-state index is 13.9. The van der Waals surface area contributed by atoms with E-state index in [0.29, 0.717) is 28.7 Å². The zero-order chi connectivity index (χ0) is 23.7. The lowest BCUT2D eigenvalue weighted by Crippen LogP contribution is -2.23. The molecule has 0 spiro atoms. The van der Waals surface area contributed by atoms with Crippen molar-refractivity contribution in [3.63, 3.8) is 0 Å². The van der Waals surface area contributed by atoms with Gasteiger partial charge in [0.25, 0.3) is 0 Å². The molecule has 7 heteroatoms. The minimum absolute atomic E-state index is 0.166. The van der Waals surface area contributed by atoms with Crippen LogP contribution in [0.4, 0.5) is 10.2 Å². The monoisotopic (exact) mass is 473 g/mol. The van der Waals surface area contributed by atoms with Crippen LogP contribution in [-0.4, -0.2) is 21.0 Å². The lowest BCUT2D eigenvalue weighted by Gasteiger charge is -2.31. The molecular weight excluding hydrogens is 449 g/mol. The molecule has 172 valence electrons. The molecule has 1 aliphatic carbocycles. The fourth-order valence-corrected chi connectivity index (χ4v) is 5.45. The van der Waals surface area contributed by atoms with E-state index in [2.05, 4.69) is 39.3 Å². The van der Waals surface area contributed by atoms with E-state index in [1.54, 1.807) is 24.3 Å². The van der Waals surface area contributed by atoms with Crippen LogP contribution in [0.1, 0.15) is 56.1 Å². The summed E-state index contributed by atoms with van der Waals surface area (Å²) < 4.78 is 13.9. The van der Waals surface area contributed by atoms with Crippen molar-refractivity contribution in [3.05, 3.63) is 70.9 Å². The first kappa shape index (κ1) is 22.5. The summed E-state index contributed by atoms with van der Waals surface area (Å²) >= 11 is 6.15. The molecule has 0 saturated heterocycles. The SMILES string of the molecule is C[C@H](CC1CCC(c2ccnc3ccc(F)cc23)CC1)Nc1nc(Cl)nc2cc(C#N)ccc12. The Bertz CT molecular complexity index is 1390. The van der Waals surface area contributed by atoms with Crippen molar-refractivity contribution < 1.29 is 4.39 Å². The number of nitrogens with one attached hydrogen (secondary N) is 1. The predicted octanol–water partition coefficient (Wildman–Crippen LogP) is 7.01. The van der Waals surface area contributed by atoms with Gasteiger partial charge in [0, 0.05) is 23.0 Å². The van der Waals surface area contributed by atoms with E-state index in [1.807, 2.05) is 12.3 Å². The van der Waals surface area contributed by atoms with Crippen molar-refractivity contribution in [2.45, 2.75) is 51.0 Å². The van der Waals surface area contributed by atoms with Crippen LogP contribution in [0.25, 0.3) is 21.8 Å². The first-order valence-electron chi connectivity index (χ1n) is 11.7. The Morgan fingerprint density at radius 1 is 1.06 bits per heavy atom. The third-order valence-corrected chi connectivity index (χ3v) is 7.06. The summed E-state index contributed by atoms with van der Waals surface area (Å²) in [4.78, 5) is 13.1. The number of pyridine rings is 1. The van der Waals surface area contributed by atoms with E-state index in [9.17, 15) is 4.39 Å². The van der Waals surface area contributed by atoms with Gasteiger partial charge in [-0.2, -0.15) is 5.26 Å². The molecule has 1 saturated carbocycles. The molecule has 4 aromatic rings. The van der Waals surface area contributed by atoms with Crippen molar-refractivity contribution in [2.75, 3.05) is 5.32 Å². The average Bonchev–Trinajstić information content (AvgIpc) is 2.83. The molecule has 5 rings (SSSR count). The van der Waals surface area contributed by atoms with E-state index < -0.39 is 0 Å². The van der Waals surface area contributed by atoms with Crippen molar-refractivity contribution in [3.8, 4) is 6.07 Å². The summed E-state index contributed by atoms with van der Waals surface area (Å²) in [6.07, 6.45) is 7.31. The van der Waals surface area contributed by atoms with Gasteiger partial charge >= 0.3 is 0 Å². The van der Waals surface area contributed by atoms with E-state index in [-0.39, 0.29) is 17.1 Å².